The molecular weight excluding hydrogens is 260 g/mol. The first-order valence-electron chi connectivity index (χ1n) is 6.48. The van der Waals surface area contributed by atoms with Crippen molar-refractivity contribution in [3.63, 3.8) is 0 Å². The maximum atomic E-state index is 13.2. The number of hydrogen-bond acceptors (Lipinski definition) is 2. The van der Waals surface area contributed by atoms with Crippen LogP contribution in [0.25, 0.3) is 0 Å². The fraction of sp³-hybridized carbons (Fsp3) is 0.250. The Kier molecular flexibility index (Phi) is 4.35. The highest BCUT2D eigenvalue weighted by Crippen LogP contribution is 2.26. The number of hydrogen-bond donors (Lipinski definition) is 2. The molecule has 0 radical (unpaired) electrons. The van der Waals surface area contributed by atoms with E-state index in [2.05, 4.69) is 5.32 Å². The highest BCUT2D eigenvalue weighted by atomic mass is 19.2. The molecule has 0 saturated carbocycles. The number of phenols is 1. The number of phenolic OH excluding ortho intramolecular Hbond substituents is 1. The van der Waals surface area contributed by atoms with Crippen LogP contribution in [-0.4, -0.2) is 5.11 Å². The Hall–Kier alpha value is -1.94. The number of rotatable bonds is 4. The molecule has 0 aromatic heterocycles. The molecule has 0 aliphatic carbocycles. The second kappa shape index (κ2) is 6.01. The Morgan fingerprint density at radius 1 is 0.950 bits per heavy atom. The van der Waals surface area contributed by atoms with Gasteiger partial charge in [-0.3, -0.25) is 0 Å². The first kappa shape index (κ1) is 14.5. The van der Waals surface area contributed by atoms with Gasteiger partial charge in [0.25, 0.3) is 0 Å². The number of halogens is 2. The van der Waals surface area contributed by atoms with Gasteiger partial charge in [0.2, 0.25) is 0 Å². The standard InChI is InChI=1S/C16H17F2NO/c1-10(12-7-8-14(17)15(18)9-12)19-11(2)13-5-3-4-6-16(13)20/h3-11,19-20H,1-2H3. The van der Waals surface area contributed by atoms with Crippen molar-refractivity contribution in [3.8, 4) is 5.75 Å². The summed E-state index contributed by atoms with van der Waals surface area (Å²) in [5.41, 5.74) is 1.42. The summed E-state index contributed by atoms with van der Waals surface area (Å²) in [7, 11) is 0. The maximum absolute atomic E-state index is 13.2. The normalized spacial score (nSPS) is 14.0. The number of benzene rings is 2. The van der Waals surface area contributed by atoms with E-state index in [1.807, 2.05) is 26.0 Å². The second-order valence-electron chi connectivity index (χ2n) is 4.84. The third-order valence-electron chi connectivity index (χ3n) is 3.35. The van der Waals surface area contributed by atoms with E-state index in [9.17, 15) is 13.9 Å². The van der Waals surface area contributed by atoms with Crippen molar-refractivity contribution in [2.45, 2.75) is 25.9 Å². The monoisotopic (exact) mass is 277 g/mol. The van der Waals surface area contributed by atoms with Gasteiger partial charge in [-0.2, -0.15) is 0 Å². The van der Waals surface area contributed by atoms with E-state index in [1.54, 1.807) is 18.2 Å². The molecule has 0 spiro atoms. The largest absolute Gasteiger partial charge is 0.508 e. The van der Waals surface area contributed by atoms with Crippen LogP contribution in [0, 0.1) is 11.6 Å². The lowest BCUT2D eigenvalue weighted by molar-refractivity contribution is 0.437. The Morgan fingerprint density at radius 2 is 1.65 bits per heavy atom. The minimum atomic E-state index is -0.855. The minimum Gasteiger partial charge on any atom is -0.508 e. The van der Waals surface area contributed by atoms with Crippen LogP contribution in [-0.2, 0) is 0 Å². The van der Waals surface area contributed by atoms with Crippen molar-refractivity contribution >= 4 is 0 Å². The van der Waals surface area contributed by atoms with E-state index >= 15 is 0 Å². The molecule has 0 aliphatic rings. The molecule has 2 unspecified atom stereocenters. The van der Waals surface area contributed by atoms with E-state index in [0.717, 1.165) is 11.6 Å². The van der Waals surface area contributed by atoms with Crippen LogP contribution in [0.2, 0.25) is 0 Å². The highest BCUT2D eigenvalue weighted by molar-refractivity contribution is 5.34. The minimum absolute atomic E-state index is 0.112. The lowest BCUT2D eigenvalue weighted by Gasteiger charge is -2.21. The molecule has 0 heterocycles. The zero-order valence-corrected chi connectivity index (χ0v) is 11.4. The summed E-state index contributed by atoms with van der Waals surface area (Å²) < 4.78 is 26.1. The van der Waals surface area contributed by atoms with Crippen molar-refractivity contribution in [3.05, 3.63) is 65.2 Å². The molecule has 0 aliphatic heterocycles. The van der Waals surface area contributed by atoms with Gasteiger partial charge in [-0.15, -0.1) is 0 Å². The van der Waals surface area contributed by atoms with Crippen LogP contribution in [0.3, 0.4) is 0 Å². The van der Waals surface area contributed by atoms with Crippen LogP contribution in [0.5, 0.6) is 5.75 Å². The number of aromatic hydroxyl groups is 1. The summed E-state index contributed by atoms with van der Waals surface area (Å²) in [5, 5.41) is 13.0. The van der Waals surface area contributed by atoms with Crippen molar-refractivity contribution in [1.29, 1.82) is 0 Å². The molecule has 2 rings (SSSR count). The molecule has 2 aromatic carbocycles. The third-order valence-corrected chi connectivity index (χ3v) is 3.35. The zero-order valence-electron chi connectivity index (χ0n) is 11.4. The van der Waals surface area contributed by atoms with Crippen molar-refractivity contribution < 1.29 is 13.9 Å². The molecule has 0 fully saturated rings. The van der Waals surface area contributed by atoms with Gasteiger partial charge in [-0.05, 0) is 37.6 Å². The summed E-state index contributed by atoms with van der Waals surface area (Å²) in [6, 6.07) is 10.6. The predicted octanol–water partition coefficient (Wildman–Crippen LogP) is 4.08. The summed E-state index contributed by atoms with van der Waals surface area (Å²) >= 11 is 0. The van der Waals surface area contributed by atoms with Gasteiger partial charge in [-0.25, -0.2) is 8.78 Å². The van der Waals surface area contributed by atoms with Gasteiger partial charge < -0.3 is 10.4 Å². The summed E-state index contributed by atoms with van der Waals surface area (Å²) in [6.45, 7) is 3.77. The lowest BCUT2D eigenvalue weighted by Crippen LogP contribution is -2.22. The van der Waals surface area contributed by atoms with E-state index in [4.69, 9.17) is 0 Å². The Bertz CT molecular complexity index is 601. The fourth-order valence-corrected chi connectivity index (χ4v) is 2.20. The average Bonchev–Trinajstić information content (AvgIpc) is 2.42. The molecule has 0 bridgehead atoms. The van der Waals surface area contributed by atoms with Crippen molar-refractivity contribution in [1.82, 2.24) is 5.32 Å². The van der Waals surface area contributed by atoms with E-state index in [1.165, 1.54) is 6.07 Å². The molecule has 2 atom stereocenters. The molecule has 2 nitrogen and oxygen atoms in total. The summed E-state index contributed by atoms with van der Waals surface area (Å²) in [6.07, 6.45) is 0. The molecule has 2 N–H and O–H groups in total. The number of para-hydroxylation sites is 1. The van der Waals surface area contributed by atoms with Gasteiger partial charge in [-0.1, -0.05) is 24.3 Å². The average molecular weight is 277 g/mol. The molecule has 4 heteroatoms. The van der Waals surface area contributed by atoms with Crippen LogP contribution >= 0.6 is 0 Å². The topological polar surface area (TPSA) is 32.3 Å². The van der Waals surface area contributed by atoms with Crippen molar-refractivity contribution in [2.24, 2.45) is 0 Å². The van der Waals surface area contributed by atoms with Gasteiger partial charge in [0.15, 0.2) is 11.6 Å². The van der Waals surface area contributed by atoms with E-state index < -0.39 is 11.6 Å². The molecule has 106 valence electrons. The lowest BCUT2D eigenvalue weighted by atomic mass is 10.0. The zero-order chi connectivity index (χ0) is 14.7. The molecule has 0 amide bonds. The fourth-order valence-electron chi connectivity index (χ4n) is 2.20. The van der Waals surface area contributed by atoms with Crippen LogP contribution in [0.1, 0.15) is 37.1 Å². The predicted molar refractivity (Wildman–Crippen MR) is 74.4 cm³/mol. The SMILES string of the molecule is CC(NC(C)c1ccccc1O)c1ccc(F)c(F)c1. The Balaban J connectivity index is 2.13. The number of nitrogens with one attached hydrogen (secondary N) is 1. The van der Waals surface area contributed by atoms with Crippen molar-refractivity contribution in [2.75, 3.05) is 0 Å². The van der Waals surface area contributed by atoms with E-state index in [-0.39, 0.29) is 17.8 Å². The van der Waals surface area contributed by atoms with Crippen LogP contribution in [0.4, 0.5) is 8.78 Å². The Morgan fingerprint density at radius 3 is 2.30 bits per heavy atom. The highest BCUT2D eigenvalue weighted by Gasteiger charge is 2.15. The van der Waals surface area contributed by atoms with Crippen LogP contribution < -0.4 is 5.32 Å². The van der Waals surface area contributed by atoms with E-state index in [0.29, 0.717) is 5.56 Å². The molecule has 0 saturated heterocycles. The summed E-state index contributed by atoms with van der Waals surface area (Å²) in [4.78, 5) is 0. The summed E-state index contributed by atoms with van der Waals surface area (Å²) in [5.74, 6) is -1.49. The Labute approximate surface area is 117 Å². The quantitative estimate of drug-likeness (QED) is 0.882. The van der Waals surface area contributed by atoms with Crippen LogP contribution in [0.15, 0.2) is 42.5 Å². The third kappa shape index (κ3) is 3.14. The van der Waals surface area contributed by atoms with Gasteiger partial charge in [0, 0.05) is 17.6 Å². The smallest absolute Gasteiger partial charge is 0.159 e. The first-order chi connectivity index (χ1) is 9.49. The molecular formula is C16H17F2NO. The van der Waals surface area contributed by atoms with Gasteiger partial charge in [0.1, 0.15) is 5.75 Å². The molecule has 2 aromatic rings. The molecule has 20 heavy (non-hydrogen) atoms. The van der Waals surface area contributed by atoms with Gasteiger partial charge in [0.05, 0.1) is 0 Å². The first-order valence-corrected chi connectivity index (χ1v) is 6.48. The van der Waals surface area contributed by atoms with Gasteiger partial charge >= 0.3 is 0 Å². The second-order valence-corrected chi connectivity index (χ2v) is 4.84. The maximum Gasteiger partial charge on any atom is 0.159 e.